The fourth-order valence-corrected chi connectivity index (χ4v) is 3.58. The molecule has 0 bridgehead atoms. The topological polar surface area (TPSA) is 115 Å². The number of aryl methyl sites for hydroxylation is 1. The molecular formula is C28H25N5O4. The molecular weight excluding hydrogens is 470 g/mol. The van der Waals surface area contributed by atoms with Gasteiger partial charge in [0.1, 0.15) is 11.4 Å². The number of amides is 2. The summed E-state index contributed by atoms with van der Waals surface area (Å²) in [4.78, 5) is 35.8. The van der Waals surface area contributed by atoms with Gasteiger partial charge in [0.15, 0.2) is 0 Å². The van der Waals surface area contributed by atoms with Crippen LogP contribution in [0.3, 0.4) is 0 Å². The van der Waals surface area contributed by atoms with Crippen molar-refractivity contribution < 1.29 is 19.1 Å². The van der Waals surface area contributed by atoms with Gasteiger partial charge in [0, 0.05) is 42.9 Å². The molecule has 0 spiro atoms. The number of carbonyl (C=O) groups is 3. The van der Waals surface area contributed by atoms with Gasteiger partial charge in [-0.1, -0.05) is 48.0 Å². The highest BCUT2D eigenvalue weighted by molar-refractivity contribution is 5.99. The molecule has 37 heavy (non-hydrogen) atoms. The van der Waals surface area contributed by atoms with Crippen molar-refractivity contribution in [2.24, 2.45) is 5.10 Å². The number of benzene rings is 3. The largest absolute Gasteiger partial charge is 0.426 e. The Morgan fingerprint density at radius 3 is 2.38 bits per heavy atom. The molecule has 0 saturated heterocycles. The average molecular weight is 496 g/mol. The van der Waals surface area contributed by atoms with Crippen LogP contribution < -0.4 is 15.5 Å². The molecule has 186 valence electrons. The molecule has 0 unspecified atom stereocenters. The highest BCUT2D eigenvalue weighted by Crippen LogP contribution is 2.25. The van der Waals surface area contributed by atoms with Crippen LogP contribution in [0, 0.1) is 6.92 Å². The summed E-state index contributed by atoms with van der Waals surface area (Å²) >= 11 is 0. The van der Waals surface area contributed by atoms with Crippen LogP contribution in [-0.4, -0.2) is 33.8 Å². The molecule has 0 saturated carbocycles. The second-order valence-corrected chi connectivity index (χ2v) is 8.26. The lowest BCUT2D eigenvalue weighted by Crippen LogP contribution is -2.20. The van der Waals surface area contributed by atoms with E-state index in [-0.39, 0.29) is 17.2 Å². The fraction of sp³-hybridized carbons (Fsp3) is 0.107. The second-order valence-electron chi connectivity index (χ2n) is 8.26. The van der Waals surface area contributed by atoms with Crippen molar-refractivity contribution in [1.29, 1.82) is 0 Å². The molecule has 9 heteroatoms. The van der Waals surface area contributed by atoms with E-state index in [9.17, 15) is 14.4 Å². The first-order valence-corrected chi connectivity index (χ1v) is 11.5. The number of carbonyl (C=O) groups excluding carboxylic acids is 3. The monoisotopic (exact) mass is 495 g/mol. The Labute approximate surface area is 213 Å². The summed E-state index contributed by atoms with van der Waals surface area (Å²) in [6.07, 6.45) is 3.34. The number of ether oxygens (including phenoxy) is 1. The van der Waals surface area contributed by atoms with Crippen LogP contribution in [0.5, 0.6) is 5.75 Å². The Kier molecular flexibility index (Phi) is 7.53. The maximum absolute atomic E-state index is 12.9. The highest BCUT2D eigenvalue weighted by Gasteiger charge is 2.16. The number of nitrogens with zero attached hydrogens (tertiary/aromatic N) is 3. The van der Waals surface area contributed by atoms with E-state index in [1.165, 1.54) is 38.3 Å². The van der Waals surface area contributed by atoms with Gasteiger partial charge in [-0.3, -0.25) is 14.4 Å². The van der Waals surface area contributed by atoms with E-state index in [1.807, 2.05) is 67.7 Å². The van der Waals surface area contributed by atoms with Gasteiger partial charge in [0.25, 0.3) is 5.91 Å². The number of hydrazone groups is 1. The summed E-state index contributed by atoms with van der Waals surface area (Å²) in [5.74, 6) is -1.48. The zero-order chi connectivity index (χ0) is 26.4. The van der Waals surface area contributed by atoms with Crippen molar-refractivity contribution in [3.8, 4) is 22.7 Å². The van der Waals surface area contributed by atoms with E-state index in [0.717, 1.165) is 16.8 Å². The Morgan fingerprint density at radius 1 is 0.973 bits per heavy atom. The van der Waals surface area contributed by atoms with Crippen LogP contribution in [-0.2, 0) is 9.59 Å². The molecule has 1 heterocycles. The van der Waals surface area contributed by atoms with Crippen LogP contribution in [0.15, 0.2) is 84.1 Å². The summed E-state index contributed by atoms with van der Waals surface area (Å²) in [5.41, 5.74) is 7.24. The van der Waals surface area contributed by atoms with Crippen molar-refractivity contribution in [1.82, 2.24) is 15.2 Å². The first kappa shape index (κ1) is 25.1. The van der Waals surface area contributed by atoms with Crippen LogP contribution in [0.2, 0.25) is 0 Å². The van der Waals surface area contributed by atoms with Gasteiger partial charge >= 0.3 is 5.97 Å². The molecule has 9 nitrogen and oxygen atoms in total. The molecule has 2 N–H and O–H groups in total. The van der Waals surface area contributed by atoms with E-state index in [1.54, 1.807) is 4.68 Å². The van der Waals surface area contributed by atoms with Crippen molar-refractivity contribution in [3.05, 3.63) is 95.7 Å². The molecule has 0 aliphatic rings. The van der Waals surface area contributed by atoms with Gasteiger partial charge in [-0.2, -0.15) is 10.2 Å². The predicted octanol–water partition coefficient (Wildman–Crippen LogP) is 4.50. The number of hydrogen-bond donors (Lipinski definition) is 2. The van der Waals surface area contributed by atoms with Crippen molar-refractivity contribution in [3.63, 3.8) is 0 Å². The third kappa shape index (κ3) is 6.34. The van der Waals surface area contributed by atoms with E-state index in [0.29, 0.717) is 16.9 Å². The fourth-order valence-electron chi connectivity index (χ4n) is 3.58. The normalized spacial score (nSPS) is 10.8. The highest BCUT2D eigenvalue weighted by atomic mass is 16.5. The molecule has 4 aromatic rings. The van der Waals surface area contributed by atoms with Gasteiger partial charge < -0.3 is 10.1 Å². The summed E-state index contributed by atoms with van der Waals surface area (Å²) in [6, 6.07) is 22.0. The molecule has 2 amide bonds. The zero-order valence-electron chi connectivity index (χ0n) is 20.6. The standard InChI is InChI=1S/C28H25N5O4/c1-18-9-11-21(12-10-18)27-22(17-33(32-27)24-7-5-4-6-8-24)16-29-31-28(36)25-14-13-23(30-19(2)34)15-26(25)37-20(3)35/h4-17H,1-3H3,(H,30,34)(H,31,36)/b29-16-. The van der Waals surface area contributed by atoms with E-state index in [4.69, 9.17) is 9.84 Å². The summed E-state index contributed by atoms with van der Waals surface area (Å²) in [7, 11) is 0. The number of para-hydroxylation sites is 1. The third-order valence-electron chi connectivity index (χ3n) is 5.26. The Morgan fingerprint density at radius 2 is 1.70 bits per heavy atom. The number of rotatable bonds is 7. The quantitative estimate of drug-likeness (QED) is 0.170. The van der Waals surface area contributed by atoms with E-state index >= 15 is 0 Å². The molecule has 1 aromatic heterocycles. The van der Waals surface area contributed by atoms with Crippen molar-refractivity contribution in [2.45, 2.75) is 20.8 Å². The molecule has 0 atom stereocenters. The van der Waals surface area contributed by atoms with Gasteiger partial charge in [0.05, 0.1) is 17.5 Å². The van der Waals surface area contributed by atoms with E-state index < -0.39 is 11.9 Å². The van der Waals surface area contributed by atoms with E-state index in [2.05, 4.69) is 15.8 Å². The molecule has 4 rings (SSSR count). The number of nitrogens with one attached hydrogen (secondary N) is 2. The maximum Gasteiger partial charge on any atom is 0.308 e. The van der Waals surface area contributed by atoms with Gasteiger partial charge in [-0.05, 0) is 31.2 Å². The first-order chi connectivity index (χ1) is 17.8. The number of esters is 1. The third-order valence-corrected chi connectivity index (χ3v) is 5.26. The Bertz CT molecular complexity index is 1470. The second kappa shape index (κ2) is 11.1. The lowest BCUT2D eigenvalue weighted by molar-refractivity contribution is -0.131. The molecule has 3 aromatic carbocycles. The van der Waals surface area contributed by atoms with Crippen LogP contribution in [0.25, 0.3) is 16.9 Å². The summed E-state index contributed by atoms with van der Waals surface area (Å²) in [6.45, 7) is 4.59. The molecule has 0 fully saturated rings. The predicted molar refractivity (Wildman–Crippen MR) is 141 cm³/mol. The first-order valence-electron chi connectivity index (χ1n) is 11.5. The SMILES string of the molecule is CC(=O)Nc1ccc(C(=O)N/N=C\c2cn(-c3ccccc3)nc2-c2ccc(C)cc2)c(OC(C)=O)c1. The average Bonchev–Trinajstić information content (AvgIpc) is 3.28. The number of aromatic nitrogens is 2. The lowest BCUT2D eigenvalue weighted by Gasteiger charge is -2.10. The van der Waals surface area contributed by atoms with Crippen molar-refractivity contribution >= 4 is 29.7 Å². The van der Waals surface area contributed by atoms with Crippen LogP contribution in [0.4, 0.5) is 5.69 Å². The minimum atomic E-state index is -0.603. The van der Waals surface area contributed by atoms with Crippen molar-refractivity contribution in [2.75, 3.05) is 5.32 Å². The number of hydrogen-bond acceptors (Lipinski definition) is 6. The minimum Gasteiger partial charge on any atom is -0.426 e. The Hall–Kier alpha value is -5.05. The van der Waals surface area contributed by atoms with Gasteiger partial charge in [-0.15, -0.1) is 0 Å². The van der Waals surface area contributed by atoms with Gasteiger partial charge in [0.2, 0.25) is 5.91 Å². The summed E-state index contributed by atoms with van der Waals surface area (Å²) < 4.78 is 6.92. The summed E-state index contributed by atoms with van der Waals surface area (Å²) in [5, 5.41) is 11.5. The van der Waals surface area contributed by atoms with Crippen LogP contribution in [0.1, 0.15) is 35.3 Å². The zero-order valence-corrected chi connectivity index (χ0v) is 20.6. The lowest BCUT2D eigenvalue weighted by atomic mass is 10.1. The Balaban J connectivity index is 1.61. The van der Waals surface area contributed by atoms with Gasteiger partial charge in [-0.25, -0.2) is 10.1 Å². The molecule has 0 radical (unpaired) electrons. The number of anilines is 1. The molecule has 0 aliphatic heterocycles. The minimum absolute atomic E-state index is 0.00342. The molecule has 0 aliphatic carbocycles. The van der Waals surface area contributed by atoms with Crippen LogP contribution >= 0.6 is 0 Å². The maximum atomic E-state index is 12.9. The smallest absolute Gasteiger partial charge is 0.308 e.